The molecule has 0 aliphatic carbocycles. The predicted molar refractivity (Wildman–Crippen MR) is 46.5 cm³/mol. The highest BCUT2D eigenvalue weighted by molar-refractivity contribution is 5.94. The highest BCUT2D eigenvalue weighted by Crippen LogP contribution is 2.15. The normalized spacial score (nSPS) is 14.6. The molecule has 0 unspecified atom stereocenters. The van der Waals surface area contributed by atoms with Gasteiger partial charge in [-0.1, -0.05) is 18.2 Å². The minimum Gasteiger partial charge on any atom is -0.253 e. The number of aryl methyl sites for hydroxylation is 1. The molecule has 0 saturated heterocycles. The van der Waals surface area contributed by atoms with E-state index in [-0.39, 0.29) is 5.91 Å². The van der Waals surface area contributed by atoms with Crippen LogP contribution in [0.3, 0.4) is 0 Å². The molecule has 0 bridgehead atoms. The van der Waals surface area contributed by atoms with Crippen molar-refractivity contribution in [1.82, 2.24) is 0 Å². The summed E-state index contributed by atoms with van der Waals surface area (Å²) in [6.07, 6.45) is 3.76. The topological polar surface area (TPSA) is 33.7 Å². The standard InChI is InChI=1S/C10H9NO/c1-7-3-2-4-8-5-6-11-10(12)9(7)8/h2-6H,1H3,(H,11,12)/p+1. The van der Waals surface area contributed by atoms with E-state index in [1.165, 1.54) is 0 Å². The summed E-state index contributed by atoms with van der Waals surface area (Å²) >= 11 is 0. The molecule has 1 aromatic rings. The van der Waals surface area contributed by atoms with Crippen molar-refractivity contribution >= 4 is 12.0 Å². The van der Waals surface area contributed by atoms with E-state index < -0.39 is 0 Å². The first-order valence-corrected chi connectivity index (χ1v) is 3.94. The van der Waals surface area contributed by atoms with Gasteiger partial charge in [-0.3, -0.25) is 5.32 Å². The summed E-state index contributed by atoms with van der Waals surface area (Å²) in [7, 11) is 0. The van der Waals surface area contributed by atoms with Crippen LogP contribution in [0.5, 0.6) is 0 Å². The van der Waals surface area contributed by atoms with Crippen LogP contribution in [-0.4, -0.2) is 5.91 Å². The van der Waals surface area contributed by atoms with E-state index >= 15 is 0 Å². The molecule has 2 heteroatoms. The zero-order valence-corrected chi connectivity index (χ0v) is 6.87. The Morgan fingerprint density at radius 1 is 1.33 bits per heavy atom. The fraction of sp³-hybridized carbons (Fsp3) is 0.100. The highest BCUT2D eigenvalue weighted by atomic mass is 16.1. The molecule has 0 saturated carbocycles. The molecule has 0 aromatic heterocycles. The molecule has 2 nitrogen and oxygen atoms in total. The predicted octanol–water partition coefficient (Wildman–Crippen LogP) is 0.683. The quantitative estimate of drug-likeness (QED) is 0.595. The van der Waals surface area contributed by atoms with E-state index in [1.807, 2.05) is 31.2 Å². The van der Waals surface area contributed by atoms with Gasteiger partial charge in [0.15, 0.2) is 0 Å². The zero-order chi connectivity index (χ0) is 8.55. The second kappa shape index (κ2) is 2.57. The first kappa shape index (κ1) is 7.25. The third kappa shape index (κ3) is 0.970. The van der Waals surface area contributed by atoms with Crippen molar-refractivity contribution in [1.29, 1.82) is 0 Å². The third-order valence-electron chi connectivity index (χ3n) is 2.07. The molecular formula is C10H10NO+. The van der Waals surface area contributed by atoms with E-state index in [4.69, 9.17) is 0 Å². The van der Waals surface area contributed by atoms with Crippen LogP contribution >= 0.6 is 0 Å². The lowest BCUT2D eigenvalue weighted by atomic mass is 9.99. The third-order valence-corrected chi connectivity index (χ3v) is 2.07. The Bertz CT molecular complexity index is 366. The van der Waals surface area contributed by atoms with Crippen molar-refractivity contribution in [2.24, 2.45) is 0 Å². The van der Waals surface area contributed by atoms with Gasteiger partial charge in [0.2, 0.25) is 0 Å². The molecular weight excluding hydrogens is 150 g/mol. The van der Waals surface area contributed by atoms with E-state index in [2.05, 4.69) is 0 Å². The number of hydrogen-bond acceptors (Lipinski definition) is 1. The van der Waals surface area contributed by atoms with Gasteiger partial charge in [-0.05, 0) is 24.1 Å². The Hall–Kier alpha value is -1.41. The maximum atomic E-state index is 11.4. The number of carbonyl (C=O) groups excluding carboxylic acids is 1. The number of quaternary nitrogens is 1. The van der Waals surface area contributed by atoms with Crippen LogP contribution in [0.25, 0.3) is 6.08 Å². The summed E-state index contributed by atoms with van der Waals surface area (Å²) < 4.78 is 0. The number of primary amides is 1. The van der Waals surface area contributed by atoms with E-state index in [9.17, 15) is 4.79 Å². The minimum atomic E-state index is 0.116. The van der Waals surface area contributed by atoms with Gasteiger partial charge in [-0.15, -0.1) is 0 Å². The molecule has 1 aromatic carbocycles. The van der Waals surface area contributed by atoms with Gasteiger partial charge >= 0.3 is 5.91 Å². The van der Waals surface area contributed by atoms with Gasteiger partial charge in [0, 0.05) is 0 Å². The van der Waals surface area contributed by atoms with Crippen LogP contribution in [0, 0.1) is 6.92 Å². The maximum absolute atomic E-state index is 11.4. The molecule has 60 valence electrons. The summed E-state index contributed by atoms with van der Waals surface area (Å²) in [6.45, 7) is 1.96. The first-order chi connectivity index (χ1) is 5.79. The second-order valence-corrected chi connectivity index (χ2v) is 2.93. The van der Waals surface area contributed by atoms with Crippen molar-refractivity contribution < 1.29 is 10.1 Å². The van der Waals surface area contributed by atoms with Crippen molar-refractivity contribution in [2.75, 3.05) is 0 Å². The van der Waals surface area contributed by atoms with Crippen LogP contribution in [-0.2, 0) is 0 Å². The SMILES string of the molecule is Cc1cccc2c1C(=O)[NH2+]C=C2. The largest absolute Gasteiger partial charge is 0.348 e. The molecule has 0 radical (unpaired) electrons. The number of benzene rings is 1. The van der Waals surface area contributed by atoms with E-state index in [1.54, 1.807) is 11.5 Å². The van der Waals surface area contributed by atoms with Gasteiger partial charge in [0.25, 0.3) is 0 Å². The Morgan fingerprint density at radius 3 is 2.92 bits per heavy atom. The number of fused-ring (bicyclic) bond motifs is 1. The van der Waals surface area contributed by atoms with Crippen LogP contribution in [0.15, 0.2) is 24.4 Å². The summed E-state index contributed by atoms with van der Waals surface area (Å²) in [5.41, 5.74) is 2.93. The van der Waals surface area contributed by atoms with Crippen molar-refractivity contribution in [3.05, 3.63) is 41.1 Å². The fourth-order valence-electron chi connectivity index (χ4n) is 1.49. The van der Waals surface area contributed by atoms with Crippen LogP contribution < -0.4 is 5.32 Å². The number of carbonyl (C=O) groups is 1. The average molecular weight is 160 g/mol. The Balaban J connectivity index is 2.70. The number of nitrogens with two attached hydrogens (primary N) is 1. The smallest absolute Gasteiger partial charge is 0.253 e. The number of amides is 1. The molecule has 1 aliphatic rings. The Kier molecular flexibility index (Phi) is 1.55. The van der Waals surface area contributed by atoms with Crippen LogP contribution in [0.4, 0.5) is 0 Å². The molecule has 1 heterocycles. The summed E-state index contributed by atoms with van der Waals surface area (Å²) in [5, 5.41) is 1.61. The Labute approximate surface area is 70.9 Å². The second-order valence-electron chi connectivity index (χ2n) is 2.93. The summed E-state index contributed by atoms with van der Waals surface area (Å²) in [5.74, 6) is 0.116. The van der Waals surface area contributed by atoms with Gasteiger partial charge < -0.3 is 0 Å². The lowest BCUT2D eigenvalue weighted by Crippen LogP contribution is -2.83. The molecule has 2 rings (SSSR count). The molecule has 12 heavy (non-hydrogen) atoms. The first-order valence-electron chi connectivity index (χ1n) is 3.94. The van der Waals surface area contributed by atoms with E-state index in [0.29, 0.717) is 0 Å². The number of rotatable bonds is 0. The van der Waals surface area contributed by atoms with E-state index in [0.717, 1.165) is 16.7 Å². The summed E-state index contributed by atoms with van der Waals surface area (Å²) in [4.78, 5) is 11.4. The zero-order valence-electron chi connectivity index (χ0n) is 6.87. The van der Waals surface area contributed by atoms with Crippen molar-refractivity contribution in [2.45, 2.75) is 6.92 Å². The molecule has 1 amide bonds. The molecule has 0 spiro atoms. The van der Waals surface area contributed by atoms with Gasteiger partial charge in [0.1, 0.15) is 6.20 Å². The van der Waals surface area contributed by atoms with Gasteiger partial charge in [0.05, 0.1) is 5.56 Å². The lowest BCUT2D eigenvalue weighted by Gasteiger charge is -2.08. The van der Waals surface area contributed by atoms with Crippen LogP contribution in [0.1, 0.15) is 21.5 Å². The monoisotopic (exact) mass is 160 g/mol. The van der Waals surface area contributed by atoms with Gasteiger partial charge in [-0.25, -0.2) is 4.79 Å². The molecule has 2 N–H and O–H groups in total. The Morgan fingerprint density at radius 2 is 2.17 bits per heavy atom. The molecule has 1 aliphatic heterocycles. The highest BCUT2D eigenvalue weighted by Gasteiger charge is 2.18. The molecule has 0 fully saturated rings. The summed E-state index contributed by atoms with van der Waals surface area (Å²) in [6, 6.07) is 5.89. The average Bonchev–Trinajstić information content (AvgIpc) is 2.04. The van der Waals surface area contributed by atoms with Crippen molar-refractivity contribution in [3.63, 3.8) is 0 Å². The lowest BCUT2D eigenvalue weighted by molar-refractivity contribution is -0.480. The van der Waals surface area contributed by atoms with Crippen LogP contribution in [0.2, 0.25) is 0 Å². The maximum Gasteiger partial charge on any atom is 0.348 e. The van der Waals surface area contributed by atoms with Gasteiger partial charge in [-0.2, -0.15) is 0 Å². The fourth-order valence-corrected chi connectivity index (χ4v) is 1.49. The number of hydrogen-bond donors (Lipinski definition) is 1. The van der Waals surface area contributed by atoms with Crippen molar-refractivity contribution in [3.8, 4) is 0 Å². The minimum absolute atomic E-state index is 0.116. The molecule has 0 atom stereocenters.